The van der Waals surface area contributed by atoms with Crippen molar-refractivity contribution >= 4 is 11.8 Å². The van der Waals surface area contributed by atoms with Crippen LogP contribution >= 0.6 is 0 Å². The molecule has 2 aromatic rings. The van der Waals surface area contributed by atoms with Crippen molar-refractivity contribution in [2.75, 3.05) is 0 Å². The predicted molar refractivity (Wildman–Crippen MR) is 78.5 cm³/mol. The van der Waals surface area contributed by atoms with Crippen molar-refractivity contribution in [1.29, 1.82) is 0 Å². The Kier molecular flexibility index (Phi) is 4.87. The Bertz CT molecular complexity index is 603. The Morgan fingerprint density at radius 1 is 1.29 bits per heavy atom. The summed E-state index contributed by atoms with van der Waals surface area (Å²) in [6.07, 6.45) is 6.45. The summed E-state index contributed by atoms with van der Waals surface area (Å²) < 4.78 is 1.84. The molecular formula is C16H18N2O3. The van der Waals surface area contributed by atoms with Gasteiger partial charge in [-0.3, -0.25) is 9.59 Å². The highest BCUT2D eigenvalue weighted by molar-refractivity contribution is 5.99. The Morgan fingerprint density at radius 2 is 2.00 bits per heavy atom. The molecule has 0 aliphatic carbocycles. The number of carboxylic acids is 1. The second-order valence-electron chi connectivity index (χ2n) is 4.96. The largest absolute Gasteiger partial charge is 0.481 e. The van der Waals surface area contributed by atoms with Crippen molar-refractivity contribution in [3.8, 4) is 5.69 Å². The maximum absolute atomic E-state index is 12.4. The minimum atomic E-state index is -0.933. The highest BCUT2D eigenvalue weighted by atomic mass is 16.4. The van der Waals surface area contributed by atoms with Gasteiger partial charge in [0.05, 0.1) is 12.7 Å². The summed E-state index contributed by atoms with van der Waals surface area (Å²) in [6.45, 7) is 1.95. The SMILES string of the molecule is CCCC(CC(=O)O)C(=O)c1ccc(-n2ccnc2)cc1. The maximum Gasteiger partial charge on any atom is 0.304 e. The van der Waals surface area contributed by atoms with Gasteiger partial charge in [-0.15, -0.1) is 0 Å². The highest BCUT2D eigenvalue weighted by Gasteiger charge is 2.22. The van der Waals surface area contributed by atoms with Crippen molar-refractivity contribution in [2.45, 2.75) is 26.2 Å². The van der Waals surface area contributed by atoms with Gasteiger partial charge in [0.1, 0.15) is 0 Å². The first-order valence-corrected chi connectivity index (χ1v) is 6.96. The molecule has 1 unspecified atom stereocenters. The normalized spacial score (nSPS) is 12.0. The van der Waals surface area contributed by atoms with Crippen LogP contribution < -0.4 is 0 Å². The summed E-state index contributed by atoms with van der Waals surface area (Å²) in [7, 11) is 0. The summed E-state index contributed by atoms with van der Waals surface area (Å²) in [6, 6.07) is 7.14. The van der Waals surface area contributed by atoms with Gasteiger partial charge in [0.25, 0.3) is 0 Å². The maximum atomic E-state index is 12.4. The first-order chi connectivity index (χ1) is 10.1. The molecule has 0 spiro atoms. The van der Waals surface area contributed by atoms with E-state index in [4.69, 9.17) is 5.11 Å². The molecule has 0 fully saturated rings. The van der Waals surface area contributed by atoms with Gasteiger partial charge in [-0.1, -0.05) is 13.3 Å². The quantitative estimate of drug-likeness (QED) is 0.794. The van der Waals surface area contributed by atoms with Crippen LogP contribution in [0.15, 0.2) is 43.0 Å². The standard InChI is InChI=1S/C16H18N2O3/c1-2-3-13(10-15(19)20)16(21)12-4-6-14(7-5-12)18-9-8-17-11-18/h4-9,11,13H,2-3,10H2,1H3,(H,19,20). The number of hydrogen-bond donors (Lipinski definition) is 1. The second-order valence-corrected chi connectivity index (χ2v) is 4.96. The monoisotopic (exact) mass is 286 g/mol. The molecule has 0 bridgehead atoms. The van der Waals surface area contributed by atoms with Gasteiger partial charge >= 0.3 is 5.97 Å². The van der Waals surface area contributed by atoms with Crippen molar-refractivity contribution < 1.29 is 14.7 Å². The molecule has 0 saturated carbocycles. The summed E-state index contributed by atoms with van der Waals surface area (Å²) >= 11 is 0. The van der Waals surface area contributed by atoms with E-state index in [0.717, 1.165) is 12.1 Å². The lowest BCUT2D eigenvalue weighted by molar-refractivity contribution is -0.137. The minimum Gasteiger partial charge on any atom is -0.481 e. The molecule has 1 atom stereocenters. The second kappa shape index (κ2) is 6.83. The van der Waals surface area contributed by atoms with Crippen LogP contribution in [0.5, 0.6) is 0 Å². The first-order valence-electron chi connectivity index (χ1n) is 6.96. The number of carbonyl (C=O) groups is 2. The van der Waals surface area contributed by atoms with E-state index in [9.17, 15) is 9.59 Å². The summed E-state index contributed by atoms with van der Waals surface area (Å²) in [5, 5.41) is 8.91. The van der Waals surface area contributed by atoms with E-state index in [0.29, 0.717) is 12.0 Å². The van der Waals surface area contributed by atoms with E-state index < -0.39 is 11.9 Å². The molecule has 0 amide bonds. The number of carbonyl (C=O) groups excluding carboxylic acids is 1. The summed E-state index contributed by atoms with van der Waals surface area (Å²) in [5.74, 6) is -1.49. The predicted octanol–water partition coefficient (Wildman–Crippen LogP) is 2.95. The third kappa shape index (κ3) is 3.78. The van der Waals surface area contributed by atoms with E-state index in [1.54, 1.807) is 24.7 Å². The molecule has 0 saturated heterocycles. The zero-order valence-electron chi connectivity index (χ0n) is 11.9. The van der Waals surface area contributed by atoms with E-state index in [1.165, 1.54) is 0 Å². The van der Waals surface area contributed by atoms with Gasteiger partial charge < -0.3 is 9.67 Å². The molecule has 5 heteroatoms. The van der Waals surface area contributed by atoms with Gasteiger partial charge in [-0.05, 0) is 30.7 Å². The van der Waals surface area contributed by atoms with Crippen molar-refractivity contribution in [3.05, 3.63) is 48.5 Å². The third-order valence-electron chi connectivity index (χ3n) is 3.38. The zero-order chi connectivity index (χ0) is 15.2. The number of hydrogen-bond acceptors (Lipinski definition) is 3. The molecular weight excluding hydrogens is 268 g/mol. The fourth-order valence-electron chi connectivity index (χ4n) is 2.33. The van der Waals surface area contributed by atoms with Crippen LogP contribution in [0.25, 0.3) is 5.69 Å². The molecule has 1 heterocycles. The van der Waals surface area contributed by atoms with E-state index in [2.05, 4.69) is 4.98 Å². The average molecular weight is 286 g/mol. The number of ketones is 1. The van der Waals surface area contributed by atoms with Gasteiger partial charge in [0, 0.05) is 29.6 Å². The molecule has 1 N–H and O–H groups in total. The van der Waals surface area contributed by atoms with Crippen LogP contribution in [-0.2, 0) is 4.79 Å². The zero-order valence-corrected chi connectivity index (χ0v) is 11.9. The molecule has 1 aromatic heterocycles. The Balaban J connectivity index is 2.16. The lowest BCUT2D eigenvalue weighted by Crippen LogP contribution is -2.18. The number of aliphatic carboxylic acids is 1. The van der Waals surface area contributed by atoms with Crippen LogP contribution in [0.2, 0.25) is 0 Å². The van der Waals surface area contributed by atoms with E-state index >= 15 is 0 Å². The number of imidazole rings is 1. The molecule has 0 aliphatic rings. The Labute approximate surface area is 123 Å². The Morgan fingerprint density at radius 3 is 2.52 bits per heavy atom. The molecule has 21 heavy (non-hydrogen) atoms. The molecule has 1 aromatic carbocycles. The smallest absolute Gasteiger partial charge is 0.304 e. The molecule has 0 aliphatic heterocycles. The molecule has 0 radical (unpaired) electrons. The van der Waals surface area contributed by atoms with Crippen LogP contribution in [0.1, 0.15) is 36.5 Å². The van der Waals surface area contributed by atoms with Crippen molar-refractivity contribution in [3.63, 3.8) is 0 Å². The molecule has 5 nitrogen and oxygen atoms in total. The first kappa shape index (κ1) is 15.0. The fourth-order valence-corrected chi connectivity index (χ4v) is 2.33. The number of rotatable bonds is 7. The number of nitrogens with zero attached hydrogens (tertiary/aromatic N) is 2. The third-order valence-corrected chi connectivity index (χ3v) is 3.38. The van der Waals surface area contributed by atoms with Gasteiger partial charge in [-0.25, -0.2) is 4.98 Å². The molecule has 110 valence electrons. The average Bonchev–Trinajstić information content (AvgIpc) is 3.00. The topological polar surface area (TPSA) is 72.2 Å². The lowest BCUT2D eigenvalue weighted by Gasteiger charge is -2.13. The number of Topliss-reactive ketones (excluding diaryl/α,β-unsaturated/α-hetero) is 1. The Hall–Kier alpha value is -2.43. The van der Waals surface area contributed by atoms with E-state index in [1.807, 2.05) is 29.8 Å². The van der Waals surface area contributed by atoms with Crippen molar-refractivity contribution in [1.82, 2.24) is 9.55 Å². The molecule has 2 rings (SSSR count). The van der Waals surface area contributed by atoms with Crippen LogP contribution in [0.3, 0.4) is 0 Å². The van der Waals surface area contributed by atoms with Gasteiger partial charge in [-0.2, -0.15) is 0 Å². The fraction of sp³-hybridized carbons (Fsp3) is 0.312. The van der Waals surface area contributed by atoms with Gasteiger partial charge in [0.15, 0.2) is 5.78 Å². The number of aromatic nitrogens is 2. The highest BCUT2D eigenvalue weighted by Crippen LogP contribution is 2.19. The van der Waals surface area contributed by atoms with Crippen LogP contribution in [0.4, 0.5) is 0 Å². The van der Waals surface area contributed by atoms with Crippen LogP contribution in [-0.4, -0.2) is 26.4 Å². The van der Waals surface area contributed by atoms with Gasteiger partial charge in [0.2, 0.25) is 0 Å². The summed E-state index contributed by atoms with van der Waals surface area (Å²) in [5.41, 5.74) is 1.47. The van der Waals surface area contributed by atoms with Crippen molar-refractivity contribution in [2.24, 2.45) is 5.92 Å². The van der Waals surface area contributed by atoms with Crippen LogP contribution in [0, 0.1) is 5.92 Å². The van der Waals surface area contributed by atoms with E-state index in [-0.39, 0.29) is 12.2 Å². The lowest BCUT2D eigenvalue weighted by atomic mass is 9.90. The number of carboxylic acid groups (broad SMARTS) is 1. The number of benzene rings is 1. The summed E-state index contributed by atoms with van der Waals surface area (Å²) in [4.78, 5) is 27.2. The minimum absolute atomic E-state index is 0.101.